The molecule has 3 heterocycles. The van der Waals surface area contributed by atoms with Crippen molar-refractivity contribution in [2.75, 3.05) is 13.1 Å². The van der Waals surface area contributed by atoms with Gasteiger partial charge in [-0.25, -0.2) is 0 Å². The normalized spacial score (nSPS) is 20.7. The molecule has 2 atom stereocenters. The number of aliphatic hydroxyl groups excluding tert-OH is 1. The van der Waals surface area contributed by atoms with Crippen LogP contribution in [-0.2, 0) is 13.1 Å². The fourth-order valence-corrected chi connectivity index (χ4v) is 3.52. The fourth-order valence-electron chi connectivity index (χ4n) is 3.52. The number of aromatic nitrogens is 4. The van der Waals surface area contributed by atoms with Crippen molar-refractivity contribution in [1.29, 1.82) is 0 Å². The van der Waals surface area contributed by atoms with E-state index in [2.05, 4.69) is 32.8 Å². The summed E-state index contributed by atoms with van der Waals surface area (Å²) in [6.07, 6.45) is 6.90. The smallest absolute Gasteiger partial charge is 0.0862 e. The van der Waals surface area contributed by atoms with Crippen LogP contribution in [0.3, 0.4) is 0 Å². The van der Waals surface area contributed by atoms with Crippen LogP contribution < -0.4 is 0 Å². The molecule has 6 heteroatoms. The van der Waals surface area contributed by atoms with Gasteiger partial charge in [0.25, 0.3) is 0 Å². The molecule has 3 rings (SSSR count). The van der Waals surface area contributed by atoms with Crippen LogP contribution in [0, 0.1) is 13.8 Å². The number of nitrogens with zero attached hydrogens (tertiary/aromatic N) is 5. The second-order valence-corrected chi connectivity index (χ2v) is 6.64. The van der Waals surface area contributed by atoms with Crippen LogP contribution in [0.1, 0.15) is 30.7 Å². The van der Waals surface area contributed by atoms with E-state index in [-0.39, 0.29) is 0 Å². The third kappa shape index (κ3) is 4.20. The van der Waals surface area contributed by atoms with Crippen LogP contribution in [0.15, 0.2) is 24.5 Å². The average molecular weight is 317 g/mol. The Balaban J connectivity index is 1.60. The summed E-state index contributed by atoms with van der Waals surface area (Å²) in [5.41, 5.74) is 2.29. The lowest BCUT2D eigenvalue weighted by Crippen LogP contribution is -2.46. The minimum atomic E-state index is -0.393. The van der Waals surface area contributed by atoms with Gasteiger partial charge in [0.05, 0.1) is 24.9 Å². The third-order valence-electron chi connectivity index (χ3n) is 4.64. The highest BCUT2D eigenvalue weighted by atomic mass is 16.3. The highest BCUT2D eigenvalue weighted by Gasteiger charge is 2.25. The standard InChI is InChI=1S/C17H27N5O/c1-14-10-15(2)22(19-14)11-16-6-3-4-8-20(16)12-17(23)13-21-9-5-7-18-21/h5,7,9-10,16-17,23H,3-4,6,8,11-13H2,1-2H3/t16-,17-/m1/s1. The van der Waals surface area contributed by atoms with E-state index in [9.17, 15) is 5.11 Å². The summed E-state index contributed by atoms with van der Waals surface area (Å²) in [4.78, 5) is 2.42. The maximum Gasteiger partial charge on any atom is 0.0862 e. The summed E-state index contributed by atoms with van der Waals surface area (Å²) < 4.78 is 3.91. The zero-order valence-electron chi connectivity index (χ0n) is 14.1. The van der Waals surface area contributed by atoms with Crippen molar-refractivity contribution in [3.05, 3.63) is 35.9 Å². The molecule has 0 aliphatic carbocycles. The van der Waals surface area contributed by atoms with Crippen molar-refractivity contribution in [3.63, 3.8) is 0 Å². The fraction of sp³-hybridized carbons (Fsp3) is 0.647. The van der Waals surface area contributed by atoms with Gasteiger partial charge in [0.1, 0.15) is 0 Å². The number of aliphatic hydroxyl groups is 1. The molecule has 126 valence electrons. The summed E-state index contributed by atoms with van der Waals surface area (Å²) in [6, 6.07) is 4.47. The number of aryl methyl sites for hydroxylation is 2. The topological polar surface area (TPSA) is 59.1 Å². The van der Waals surface area contributed by atoms with Crippen LogP contribution >= 0.6 is 0 Å². The van der Waals surface area contributed by atoms with E-state index in [1.165, 1.54) is 25.0 Å². The lowest BCUT2D eigenvalue weighted by Gasteiger charge is -2.37. The third-order valence-corrected chi connectivity index (χ3v) is 4.64. The number of piperidine rings is 1. The van der Waals surface area contributed by atoms with Gasteiger partial charge < -0.3 is 5.11 Å². The summed E-state index contributed by atoms with van der Waals surface area (Å²) in [5.74, 6) is 0. The number of β-amino-alcohol motifs (C(OH)–C–C–N with tert-alkyl or cyclic N) is 1. The number of hydrogen-bond acceptors (Lipinski definition) is 4. The largest absolute Gasteiger partial charge is 0.390 e. The molecule has 2 aromatic heterocycles. The highest BCUT2D eigenvalue weighted by molar-refractivity contribution is 5.06. The van der Waals surface area contributed by atoms with Gasteiger partial charge in [-0.1, -0.05) is 6.42 Å². The lowest BCUT2D eigenvalue weighted by atomic mass is 10.0. The van der Waals surface area contributed by atoms with Gasteiger partial charge in [0.2, 0.25) is 0 Å². The van der Waals surface area contributed by atoms with Gasteiger partial charge in [0, 0.05) is 30.7 Å². The van der Waals surface area contributed by atoms with Gasteiger partial charge in [-0.15, -0.1) is 0 Å². The van der Waals surface area contributed by atoms with Crippen LogP contribution in [0.25, 0.3) is 0 Å². The maximum atomic E-state index is 10.4. The quantitative estimate of drug-likeness (QED) is 0.879. The van der Waals surface area contributed by atoms with Gasteiger partial charge in [-0.3, -0.25) is 14.3 Å². The predicted molar refractivity (Wildman–Crippen MR) is 89.1 cm³/mol. The van der Waals surface area contributed by atoms with Crippen LogP contribution in [-0.4, -0.2) is 54.8 Å². The first-order chi connectivity index (χ1) is 11.1. The first kappa shape index (κ1) is 16.2. The molecule has 0 spiro atoms. The van der Waals surface area contributed by atoms with Crippen molar-refractivity contribution in [1.82, 2.24) is 24.5 Å². The first-order valence-electron chi connectivity index (χ1n) is 8.52. The van der Waals surface area contributed by atoms with Crippen molar-refractivity contribution >= 4 is 0 Å². The molecule has 2 aromatic rings. The second-order valence-electron chi connectivity index (χ2n) is 6.64. The Bertz CT molecular complexity index is 607. The molecule has 0 unspecified atom stereocenters. The monoisotopic (exact) mass is 317 g/mol. The number of likely N-dealkylation sites (tertiary alicyclic amines) is 1. The van der Waals surface area contributed by atoms with Crippen molar-refractivity contribution in [2.45, 2.75) is 58.3 Å². The SMILES string of the molecule is Cc1cc(C)n(C[C@H]2CCCCN2C[C@@H](O)Cn2cccn2)n1. The van der Waals surface area contributed by atoms with Crippen LogP contribution in [0.4, 0.5) is 0 Å². The minimum absolute atomic E-state index is 0.393. The average Bonchev–Trinajstić information content (AvgIpc) is 3.11. The molecule has 1 fully saturated rings. The Morgan fingerprint density at radius 3 is 2.87 bits per heavy atom. The van der Waals surface area contributed by atoms with Crippen molar-refractivity contribution in [2.24, 2.45) is 0 Å². The molecule has 0 aromatic carbocycles. The second kappa shape index (κ2) is 7.27. The van der Waals surface area contributed by atoms with Gasteiger partial charge in [-0.2, -0.15) is 10.2 Å². The first-order valence-corrected chi connectivity index (χ1v) is 8.52. The maximum absolute atomic E-state index is 10.4. The number of rotatable bonds is 6. The Morgan fingerprint density at radius 1 is 1.30 bits per heavy atom. The Hall–Kier alpha value is -1.66. The van der Waals surface area contributed by atoms with Crippen molar-refractivity contribution in [3.8, 4) is 0 Å². The highest BCUT2D eigenvalue weighted by Crippen LogP contribution is 2.20. The molecule has 0 bridgehead atoms. The molecular formula is C17H27N5O. The molecular weight excluding hydrogens is 290 g/mol. The summed E-state index contributed by atoms with van der Waals surface area (Å²) in [6.45, 7) is 7.37. The Kier molecular flexibility index (Phi) is 5.13. The van der Waals surface area contributed by atoms with E-state index in [4.69, 9.17) is 0 Å². The zero-order chi connectivity index (χ0) is 16.2. The molecule has 1 saturated heterocycles. The summed E-state index contributed by atoms with van der Waals surface area (Å²) in [7, 11) is 0. The molecule has 0 amide bonds. The van der Waals surface area contributed by atoms with Crippen LogP contribution in [0.2, 0.25) is 0 Å². The molecule has 0 saturated carbocycles. The van der Waals surface area contributed by atoms with Gasteiger partial charge >= 0.3 is 0 Å². The van der Waals surface area contributed by atoms with E-state index < -0.39 is 6.10 Å². The van der Waals surface area contributed by atoms with Gasteiger partial charge in [-0.05, 0) is 45.4 Å². The van der Waals surface area contributed by atoms with E-state index in [1.807, 2.05) is 19.2 Å². The van der Waals surface area contributed by atoms with E-state index in [1.54, 1.807) is 10.9 Å². The molecule has 6 nitrogen and oxygen atoms in total. The molecule has 1 aliphatic rings. The summed E-state index contributed by atoms with van der Waals surface area (Å²) >= 11 is 0. The van der Waals surface area contributed by atoms with Crippen molar-refractivity contribution < 1.29 is 5.11 Å². The minimum Gasteiger partial charge on any atom is -0.390 e. The molecule has 23 heavy (non-hydrogen) atoms. The van der Waals surface area contributed by atoms with Gasteiger partial charge in [0.15, 0.2) is 0 Å². The predicted octanol–water partition coefficient (Wildman–Crippen LogP) is 1.61. The van der Waals surface area contributed by atoms with E-state index in [0.29, 0.717) is 19.1 Å². The molecule has 1 aliphatic heterocycles. The van der Waals surface area contributed by atoms with Crippen LogP contribution in [0.5, 0.6) is 0 Å². The zero-order valence-corrected chi connectivity index (χ0v) is 14.1. The number of hydrogen-bond donors (Lipinski definition) is 1. The van der Waals surface area contributed by atoms with E-state index >= 15 is 0 Å². The molecule has 1 N–H and O–H groups in total. The van der Waals surface area contributed by atoms with E-state index in [0.717, 1.165) is 18.8 Å². The summed E-state index contributed by atoms with van der Waals surface area (Å²) in [5, 5.41) is 19.2. The molecule has 0 radical (unpaired) electrons. The Labute approximate surface area is 137 Å². The Morgan fingerprint density at radius 2 is 2.17 bits per heavy atom. The lowest BCUT2D eigenvalue weighted by molar-refractivity contribution is 0.0494.